The molecule has 0 aromatic heterocycles. The van der Waals surface area contributed by atoms with E-state index >= 15 is 0 Å². The number of nitrogens with zero attached hydrogens (tertiary/aromatic N) is 1. The SMILES string of the molecule is CCCCN(C(=O)C(Cc1ccc(O)cc1)NC(=O)OC(C)(C)C)C(C(=O)NC(C)(C)C)c1ccccc1. The van der Waals surface area contributed by atoms with Gasteiger partial charge >= 0.3 is 6.09 Å². The van der Waals surface area contributed by atoms with Gasteiger partial charge in [0.1, 0.15) is 23.4 Å². The summed E-state index contributed by atoms with van der Waals surface area (Å²) in [6.07, 6.45) is 0.925. The van der Waals surface area contributed by atoms with Crippen LogP contribution in [0.15, 0.2) is 54.6 Å². The van der Waals surface area contributed by atoms with Crippen molar-refractivity contribution in [3.8, 4) is 5.75 Å². The number of unbranched alkanes of at least 4 members (excludes halogenated alkanes) is 1. The first kappa shape index (κ1) is 30.7. The van der Waals surface area contributed by atoms with Crippen molar-refractivity contribution in [2.24, 2.45) is 0 Å². The van der Waals surface area contributed by atoms with Crippen molar-refractivity contribution in [2.45, 2.75) is 91.0 Å². The molecule has 8 heteroatoms. The fourth-order valence-corrected chi connectivity index (χ4v) is 3.96. The number of benzene rings is 2. The Labute approximate surface area is 226 Å². The lowest BCUT2D eigenvalue weighted by atomic mass is 9.98. The zero-order valence-corrected chi connectivity index (χ0v) is 23.7. The highest BCUT2D eigenvalue weighted by Crippen LogP contribution is 2.25. The number of hydrogen-bond acceptors (Lipinski definition) is 5. The largest absolute Gasteiger partial charge is 0.508 e. The summed E-state index contributed by atoms with van der Waals surface area (Å²) < 4.78 is 5.45. The molecule has 0 aliphatic rings. The Kier molecular flexibility index (Phi) is 10.7. The Morgan fingerprint density at radius 2 is 1.55 bits per heavy atom. The topological polar surface area (TPSA) is 108 Å². The van der Waals surface area contributed by atoms with Gasteiger partial charge in [-0.2, -0.15) is 0 Å². The normalized spacial score (nSPS) is 13.2. The highest BCUT2D eigenvalue weighted by Gasteiger charge is 2.37. The van der Waals surface area contributed by atoms with Gasteiger partial charge in [-0.3, -0.25) is 9.59 Å². The van der Waals surface area contributed by atoms with Crippen molar-refractivity contribution in [3.63, 3.8) is 0 Å². The van der Waals surface area contributed by atoms with Gasteiger partial charge in [-0.05, 0) is 71.2 Å². The summed E-state index contributed by atoms with van der Waals surface area (Å²) in [4.78, 5) is 42.2. The lowest BCUT2D eigenvalue weighted by molar-refractivity contribution is -0.143. The Balaban J connectivity index is 2.53. The standard InChI is InChI=1S/C30H43N3O5/c1-8-9-19-33(25(22-13-11-10-12-14-22)26(35)32-29(2,3)4)27(36)24(31-28(37)38-30(5,6)7)20-21-15-17-23(34)18-16-21/h10-18,24-25,34H,8-9,19-20H2,1-7H3,(H,31,37)(H,32,35). The second kappa shape index (κ2) is 13.3. The number of carbonyl (C=O) groups is 3. The predicted molar refractivity (Wildman–Crippen MR) is 149 cm³/mol. The van der Waals surface area contributed by atoms with E-state index in [-0.39, 0.29) is 18.1 Å². The highest BCUT2D eigenvalue weighted by atomic mass is 16.6. The first-order chi connectivity index (χ1) is 17.7. The number of carbonyl (C=O) groups excluding carboxylic acids is 3. The maximum atomic E-state index is 14.2. The molecule has 0 aliphatic heterocycles. The van der Waals surface area contributed by atoms with Gasteiger partial charge in [0.05, 0.1) is 0 Å². The molecule has 2 aromatic carbocycles. The monoisotopic (exact) mass is 525 g/mol. The Morgan fingerprint density at radius 3 is 2.08 bits per heavy atom. The third-order valence-electron chi connectivity index (χ3n) is 5.57. The van der Waals surface area contributed by atoms with Crippen LogP contribution in [-0.4, -0.2) is 51.6 Å². The van der Waals surface area contributed by atoms with Crippen LogP contribution in [0.3, 0.4) is 0 Å². The molecule has 0 saturated carbocycles. The lowest BCUT2D eigenvalue weighted by Crippen LogP contribution is -2.55. The number of aromatic hydroxyl groups is 1. The van der Waals surface area contributed by atoms with Crippen LogP contribution in [0.4, 0.5) is 4.79 Å². The summed E-state index contributed by atoms with van der Waals surface area (Å²) in [6.45, 7) is 13.3. The van der Waals surface area contributed by atoms with Crippen LogP contribution in [0.5, 0.6) is 5.75 Å². The lowest BCUT2D eigenvalue weighted by Gasteiger charge is -2.36. The molecule has 8 nitrogen and oxygen atoms in total. The summed E-state index contributed by atoms with van der Waals surface area (Å²) in [5.74, 6) is -0.589. The molecule has 0 heterocycles. The molecule has 2 unspecified atom stereocenters. The number of nitrogens with one attached hydrogen (secondary N) is 2. The number of alkyl carbamates (subject to hydrolysis) is 1. The van der Waals surface area contributed by atoms with Gasteiger partial charge < -0.3 is 25.4 Å². The second-order valence-electron chi connectivity index (χ2n) is 11.5. The van der Waals surface area contributed by atoms with Crippen LogP contribution in [0, 0.1) is 0 Å². The highest BCUT2D eigenvalue weighted by molar-refractivity contribution is 5.92. The molecule has 0 radical (unpaired) electrons. The molecule has 0 fully saturated rings. The minimum atomic E-state index is -1.00. The molecule has 2 aromatic rings. The molecule has 208 valence electrons. The minimum absolute atomic E-state index is 0.101. The molecular formula is C30H43N3O5. The Hall–Kier alpha value is -3.55. The van der Waals surface area contributed by atoms with Crippen LogP contribution >= 0.6 is 0 Å². The summed E-state index contributed by atoms with van der Waals surface area (Å²) in [7, 11) is 0. The first-order valence-corrected chi connectivity index (χ1v) is 13.1. The van der Waals surface area contributed by atoms with Crippen molar-refractivity contribution in [3.05, 3.63) is 65.7 Å². The number of hydrogen-bond donors (Lipinski definition) is 3. The van der Waals surface area contributed by atoms with Gasteiger partial charge in [0.15, 0.2) is 0 Å². The van der Waals surface area contributed by atoms with Crippen LogP contribution in [0.2, 0.25) is 0 Å². The quantitative estimate of drug-likeness (QED) is 0.399. The molecule has 0 aliphatic carbocycles. The number of rotatable bonds is 10. The zero-order chi connectivity index (χ0) is 28.5. The van der Waals surface area contributed by atoms with Crippen LogP contribution in [-0.2, 0) is 20.7 Å². The fraction of sp³-hybridized carbons (Fsp3) is 0.500. The maximum absolute atomic E-state index is 14.2. The number of ether oxygens (including phenoxy) is 1. The molecule has 0 saturated heterocycles. The van der Waals surface area contributed by atoms with E-state index in [0.29, 0.717) is 18.5 Å². The minimum Gasteiger partial charge on any atom is -0.508 e. The summed E-state index contributed by atoms with van der Waals surface area (Å²) in [5.41, 5.74) is 0.156. The van der Waals surface area contributed by atoms with E-state index in [1.54, 1.807) is 37.8 Å². The second-order valence-corrected chi connectivity index (χ2v) is 11.5. The van der Waals surface area contributed by atoms with E-state index in [2.05, 4.69) is 10.6 Å². The van der Waals surface area contributed by atoms with E-state index in [1.165, 1.54) is 12.1 Å². The van der Waals surface area contributed by atoms with Crippen LogP contribution in [0.1, 0.15) is 78.5 Å². The van der Waals surface area contributed by atoms with Gasteiger partial charge in [0.2, 0.25) is 11.8 Å². The summed E-state index contributed by atoms with van der Waals surface area (Å²) >= 11 is 0. The average Bonchev–Trinajstić information content (AvgIpc) is 2.80. The Morgan fingerprint density at radius 1 is 0.947 bits per heavy atom. The number of amides is 3. The summed E-state index contributed by atoms with van der Waals surface area (Å²) in [6, 6.07) is 13.8. The zero-order valence-electron chi connectivity index (χ0n) is 23.7. The third-order valence-corrected chi connectivity index (χ3v) is 5.57. The smallest absolute Gasteiger partial charge is 0.408 e. The van der Waals surface area contributed by atoms with Crippen molar-refractivity contribution < 1.29 is 24.2 Å². The van der Waals surface area contributed by atoms with Crippen LogP contribution < -0.4 is 10.6 Å². The first-order valence-electron chi connectivity index (χ1n) is 13.1. The van der Waals surface area contributed by atoms with Crippen molar-refractivity contribution in [2.75, 3.05) is 6.54 Å². The maximum Gasteiger partial charge on any atom is 0.408 e. The van der Waals surface area contributed by atoms with E-state index < -0.39 is 35.2 Å². The molecule has 3 N–H and O–H groups in total. The molecule has 2 rings (SSSR count). The number of phenols is 1. The van der Waals surface area contributed by atoms with Gasteiger partial charge in [-0.15, -0.1) is 0 Å². The molecule has 3 amide bonds. The van der Waals surface area contributed by atoms with Gasteiger partial charge in [0, 0.05) is 18.5 Å². The van der Waals surface area contributed by atoms with E-state index in [9.17, 15) is 19.5 Å². The molecule has 0 bridgehead atoms. The molecular weight excluding hydrogens is 482 g/mol. The van der Waals surface area contributed by atoms with Gasteiger partial charge in [-0.1, -0.05) is 55.8 Å². The van der Waals surface area contributed by atoms with Gasteiger partial charge in [-0.25, -0.2) is 4.79 Å². The van der Waals surface area contributed by atoms with Crippen LogP contribution in [0.25, 0.3) is 0 Å². The van der Waals surface area contributed by atoms with Crippen molar-refractivity contribution in [1.29, 1.82) is 0 Å². The average molecular weight is 526 g/mol. The summed E-state index contributed by atoms with van der Waals surface area (Å²) in [5, 5.41) is 15.5. The Bertz CT molecular complexity index is 1060. The van der Waals surface area contributed by atoms with Crippen molar-refractivity contribution in [1.82, 2.24) is 15.5 Å². The van der Waals surface area contributed by atoms with E-state index in [4.69, 9.17) is 4.74 Å². The predicted octanol–water partition coefficient (Wildman–Crippen LogP) is 5.11. The van der Waals surface area contributed by atoms with E-state index in [0.717, 1.165) is 12.0 Å². The molecule has 38 heavy (non-hydrogen) atoms. The van der Waals surface area contributed by atoms with Crippen molar-refractivity contribution >= 4 is 17.9 Å². The van der Waals surface area contributed by atoms with E-state index in [1.807, 2.05) is 58.0 Å². The third kappa shape index (κ3) is 10.1. The fourth-order valence-electron chi connectivity index (χ4n) is 3.96. The molecule has 0 spiro atoms. The van der Waals surface area contributed by atoms with Gasteiger partial charge in [0.25, 0.3) is 0 Å². The number of phenolic OH excluding ortho intramolecular Hbond substituents is 1. The molecule has 2 atom stereocenters.